The van der Waals surface area contributed by atoms with Crippen molar-refractivity contribution in [3.63, 3.8) is 0 Å². The summed E-state index contributed by atoms with van der Waals surface area (Å²) in [6.45, 7) is 1.68. The summed E-state index contributed by atoms with van der Waals surface area (Å²) in [5, 5.41) is 14.3. The number of nitriles is 1. The van der Waals surface area contributed by atoms with Crippen LogP contribution in [-0.2, 0) is 14.8 Å². The number of benzene rings is 1. The van der Waals surface area contributed by atoms with Gasteiger partial charge in [-0.1, -0.05) is 21.5 Å². The number of nitrogens with zero attached hydrogens (tertiary/aromatic N) is 4. The molecule has 0 fully saturated rings. The number of anilines is 1. The van der Waals surface area contributed by atoms with Crippen LogP contribution >= 0.6 is 11.5 Å². The van der Waals surface area contributed by atoms with Crippen LogP contribution in [0.25, 0.3) is 0 Å². The summed E-state index contributed by atoms with van der Waals surface area (Å²) in [6.07, 6.45) is -2.73. The van der Waals surface area contributed by atoms with Gasteiger partial charge in [-0.25, -0.2) is 8.78 Å². The smallest absolute Gasteiger partial charge is 0.283 e. The van der Waals surface area contributed by atoms with Gasteiger partial charge in [-0.05, 0) is 30.6 Å². The molecule has 0 radical (unpaired) electrons. The van der Waals surface area contributed by atoms with Gasteiger partial charge in [-0.2, -0.15) is 15.9 Å². The quantitative estimate of drug-likeness (QED) is 0.767. The van der Waals surface area contributed by atoms with E-state index in [-0.39, 0.29) is 17.3 Å². The highest BCUT2D eigenvalue weighted by Crippen LogP contribution is 2.24. The fourth-order valence-corrected chi connectivity index (χ4v) is 3.19. The topological polar surface area (TPSA) is 108 Å². The van der Waals surface area contributed by atoms with E-state index in [1.807, 2.05) is 6.07 Å². The Morgan fingerprint density at radius 3 is 2.72 bits per heavy atom. The maximum absolute atomic E-state index is 12.7. The lowest BCUT2D eigenvalue weighted by Crippen LogP contribution is -2.12. The van der Waals surface area contributed by atoms with Gasteiger partial charge < -0.3 is 13.9 Å². The molecular weight excluding hydrogens is 372 g/mol. The maximum atomic E-state index is 12.7. The Morgan fingerprint density at radius 2 is 2.12 bits per heavy atom. The first-order valence-electron chi connectivity index (χ1n) is 6.94. The molecule has 0 aliphatic rings. The Kier molecular flexibility index (Phi) is 6.49. The first-order chi connectivity index (χ1) is 11.9. The molecule has 0 aliphatic heterocycles. The van der Waals surface area contributed by atoms with Gasteiger partial charge in [0.05, 0.1) is 12.5 Å². The molecule has 1 atom stereocenters. The molecule has 0 saturated carbocycles. The SMILES string of the molecule is CC(CC#N)N=[S-](=O)c1ccc(NC(=O)c2snnc2C(F)F)cc1. The number of amides is 1. The molecular formula is C14H12F2N5O2S2-. The lowest BCUT2D eigenvalue weighted by Gasteiger charge is -2.11. The zero-order chi connectivity index (χ0) is 18.4. The van der Waals surface area contributed by atoms with E-state index in [4.69, 9.17) is 5.26 Å². The average Bonchev–Trinajstić information content (AvgIpc) is 3.05. The molecule has 1 aromatic heterocycles. The molecule has 1 unspecified atom stereocenters. The molecule has 0 saturated heterocycles. The van der Waals surface area contributed by atoms with Crippen LogP contribution in [0.5, 0.6) is 0 Å². The minimum Gasteiger partial charge on any atom is -0.440 e. The van der Waals surface area contributed by atoms with Gasteiger partial charge in [0.15, 0.2) is 5.69 Å². The van der Waals surface area contributed by atoms with Gasteiger partial charge in [0.1, 0.15) is 4.88 Å². The number of rotatable bonds is 6. The number of halogens is 2. The molecule has 0 spiro atoms. The summed E-state index contributed by atoms with van der Waals surface area (Å²) >= 11 is 0.582. The highest BCUT2D eigenvalue weighted by molar-refractivity contribution is 7.74. The zero-order valence-electron chi connectivity index (χ0n) is 12.8. The van der Waals surface area contributed by atoms with Crippen LogP contribution in [0.3, 0.4) is 0 Å². The number of hydrogen-bond donors (Lipinski definition) is 1. The number of carbonyl (C=O) groups excluding carboxylic acids is 1. The van der Waals surface area contributed by atoms with Crippen molar-refractivity contribution in [2.24, 2.45) is 4.36 Å². The standard InChI is InChI=1S/C14H12F2N5O2S2/c1-8(6-7-17)20-25(23)10-4-2-9(3-5-10)18-14(22)12-11(13(15)16)19-21-24-12/h2-5,8,13H,6H2,1H3,(H,18,22)/q-1. The predicted molar refractivity (Wildman–Crippen MR) is 87.7 cm³/mol. The molecule has 25 heavy (non-hydrogen) atoms. The monoisotopic (exact) mass is 384 g/mol. The summed E-state index contributed by atoms with van der Waals surface area (Å²) < 4.78 is 44.8. The van der Waals surface area contributed by atoms with E-state index >= 15 is 0 Å². The van der Waals surface area contributed by atoms with E-state index < -0.39 is 28.6 Å². The number of aromatic nitrogens is 2. The minimum atomic E-state index is -2.89. The highest BCUT2D eigenvalue weighted by atomic mass is 32.2. The second-order valence-corrected chi connectivity index (χ2v) is 6.77. The molecule has 1 amide bonds. The normalized spacial score (nSPS) is 13.4. The van der Waals surface area contributed by atoms with Crippen molar-refractivity contribution < 1.29 is 17.8 Å². The third-order valence-electron chi connectivity index (χ3n) is 2.90. The number of alkyl halides is 2. The minimum absolute atomic E-state index is 0.162. The van der Waals surface area contributed by atoms with Gasteiger partial charge in [0.25, 0.3) is 12.3 Å². The fraction of sp³-hybridized carbons (Fsp3) is 0.286. The summed E-state index contributed by atoms with van der Waals surface area (Å²) in [4.78, 5) is 12.2. The third kappa shape index (κ3) is 5.01. The third-order valence-corrected chi connectivity index (χ3v) is 4.87. The Morgan fingerprint density at radius 1 is 1.44 bits per heavy atom. The molecule has 1 heterocycles. The van der Waals surface area contributed by atoms with E-state index in [0.717, 1.165) is 0 Å². The molecule has 11 heteroatoms. The van der Waals surface area contributed by atoms with Crippen LogP contribution in [0.15, 0.2) is 33.5 Å². The molecule has 0 bridgehead atoms. The lowest BCUT2D eigenvalue weighted by atomic mass is 10.3. The van der Waals surface area contributed by atoms with Gasteiger partial charge in [-0.3, -0.25) is 4.79 Å². The van der Waals surface area contributed by atoms with Crippen molar-refractivity contribution in [1.29, 1.82) is 5.26 Å². The Labute approximate surface area is 148 Å². The molecule has 1 aromatic carbocycles. The summed E-state index contributed by atoms with van der Waals surface area (Å²) in [5.74, 6) is -0.744. The first-order valence-corrected chi connectivity index (χ1v) is 8.82. The van der Waals surface area contributed by atoms with Crippen LogP contribution in [-0.4, -0.2) is 21.5 Å². The van der Waals surface area contributed by atoms with Crippen molar-refractivity contribution in [1.82, 2.24) is 9.59 Å². The highest BCUT2D eigenvalue weighted by Gasteiger charge is 2.23. The van der Waals surface area contributed by atoms with Gasteiger partial charge in [-0.15, -0.1) is 5.10 Å². The predicted octanol–water partition coefficient (Wildman–Crippen LogP) is 3.54. The van der Waals surface area contributed by atoms with E-state index in [1.165, 1.54) is 24.3 Å². The van der Waals surface area contributed by atoms with Crippen molar-refractivity contribution in [2.75, 3.05) is 5.32 Å². The van der Waals surface area contributed by atoms with Gasteiger partial charge in [0.2, 0.25) is 0 Å². The van der Waals surface area contributed by atoms with Crippen molar-refractivity contribution in [3.8, 4) is 6.07 Å². The van der Waals surface area contributed by atoms with E-state index in [1.54, 1.807) is 6.92 Å². The average molecular weight is 384 g/mol. The van der Waals surface area contributed by atoms with Gasteiger partial charge >= 0.3 is 0 Å². The maximum Gasteiger partial charge on any atom is 0.283 e. The lowest BCUT2D eigenvalue weighted by molar-refractivity contribution is 0.101. The molecule has 1 N–H and O–H groups in total. The van der Waals surface area contributed by atoms with Crippen LogP contribution in [0.4, 0.5) is 14.5 Å². The summed E-state index contributed by atoms with van der Waals surface area (Å²) in [7, 11) is -1.63. The molecule has 7 nitrogen and oxygen atoms in total. The van der Waals surface area contributed by atoms with Crippen LogP contribution < -0.4 is 5.32 Å². The molecule has 2 rings (SSSR count). The zero-order valence-corrected chi connectivity index (χ0v) is 14.5. The van der Waals surface area contributed by atoms with Crippen molar-refractivity contribution >= 4 is 33.7 Å². The van der Waals surface area contributed by atoms with Crippen LogP contribution in [0.2, 0.25) is 0 Å². The number of nitrogens with one attached hydrogen (secondary N) is 1. The van der Waals surface area contributed by atoms with E-state index in [0.29, 0.717) is 22.1 Å². The molecule has 2 aromatic rings. The summed E-state index contributed by atoms with van der Waals surface area (Å²) in [6, 6.07) is 7.52. The Bertz CT molecular complexity index is 870. The molecule has 0 aliphatic carbocycles. The number of hydrogen-bond acceptors (Lipinski definition) is 8. The van der Waals surface area contributed by atoms with E-state index in [9.17, 15) is 17.8 Å². The number of carbonyl (C=O) groups is 1. The second-order valence-electron chi connectivity index (χ2n) is 4.83. The fourth-order valence-electron chi connectivity index (χ4n) is 1.73. The second kappa shape index (κ2) is 8.59. The first kappa shape index (κ1) is 18.9. The van der Waals surface area contributed by atoms with Gasteiger partial charge in [0, 0.05) is 11.7 Å². The van der Waals surface area contributed by atoms with Crippen LogP contribution in [0.1, 0.15) is 35.1 Å². The van der Waals surface area contributed by atoms with Crippen LogP contribution in [0, 0.1) is 11.3 Å². The van der Waals surface area contributed by atoms with E-state index in [2.05, 4.69) is 19.3 Å². The van der Waals surface area contributed by atoms with Crippen molar-refractivity contribution in [2.45, 2.75) is 30.7 Å². The Hall–Kier alpha value is -2.45. The summed E-state index contributed by atoms with van der Waals surface area (Å²) in [5.41, 5.74) is -0.324. The molecule has 132 valence electrons. The largest absolute Gasteiger partial charge is 0.440 e. The Balaban J connectivity index is 2.10. The van der Waals surface area contributed by atoms with Crippen molar-refractivity contribution in [3.05, 3.63) is 34.8 Å².